The molecule has 0 aromatic heterocycles. The second kappa shape index (κ2) is 5.58. The number of aliphatic carboxylic acids is 1. The highest BCUT2D eigenvalue weighted by Gasteiger charge is 2.63. The number of esters is 1. The summed E-state index contributed by atoms with van der Waals surface area (Å²) in [6, 6.07) is 0. The number of carboxylic acid groups (broad SMARTS) is 1. The Hall–Kier alpha value is -1.60. The number of carbonyl (C=O) groups excluding carboxylic acids is 2. The van der Waals surface area contributed by atoms with Crippen molar-refractivity contribution in [2.45, 2.75) is 32.6 Å². The van der Waals surface area contributed by atoms with Gasteiger partial charge in [-0.2, -0.15) is 17.6 Å². The molecule has 0 heterocycles. The number of rotatable bonds is 5. The van der Waals surface area contributed by atoms with Gasteiger partial charge < -0.3 is 14.6 Å². The number of carbonyl (C=O) groups is 2. The van der Waals surface area contributed by atoms with Crippen molar-refractivity contribution in [2.24, 2.45) is 5.41 Å². The number of hydrogen-bond donors (Lipinski definition) is 0. The molecule has 8 heteroatoms. The van der Waals surface area contributed by atoms with E-state index in [0.29, 0.717) is 6.08 Å². The molecule has 0 saturated heterocycles. The Morgan fingerprint density at radius 3 is 1.95 bits per heavy atom. The maximum Gasteiger partial charge on any atom is 0.343 e. The van der Waals surface area contributed by atoms with Crippen LogP contribution in [0.3, 0.4) is 0 Å². The molecule has 0 radical (unpaired) electrons. The second-order valence-electron chi connectivity index (χ2n) is 4.79. The van der Waals surface area contributed by atoms with Crippen LogP contribution in [-0.2, 0) is 14.3 Å². The van der Waals surface area contributed by atoms with Gasteiger partial charge in [0.2, 0.25) is 0 Å². The van der Waals surface area contributed by atoms with E-state index >= 15 is 0 Å². The van der Waals surface area contributed by atoms with Crippen molar-refractivity contribution in [3.63, 3.8) is 0 Å². The summed E-state index contributed by atoms with van der Waals surface area (Å²) >= 11 is 0. The molecule has 0 aromatic rings. The molecule has 0 spiro atoms. The van der Waals surface area contributed by atoms with Gasteiger partial charge in [-0.15, -0.1) is 0 Å². The van der Waals surface area contributed by atoms with E-state index in [1.165, 1.54) is 0 Å². The summed E-state index contributed by atoms with van der Waals surface area (Å²) in [5.41, 5.74) is -2.04. The molecule has 0 rings (SSSR count). The molecule has 0 aliphatic heterocycles. The Bertz CT molecular complexity index is 383. The topological polar surface area (TPSA) is 66.4 Å². The van der Waals surface area contributed by atoms with E-state index in [1.54, 1.807) is 0 Å². The Morgan fingerprint density at radius 2 is 1.58 bits per heavy atom. The van der Waals surface area contributed by atoms with Crippen LogP contribution in [0.2, 0.25) is 0 Å². The third-order valence-electron chi connectivity index (χ3n) is 2.15. The molecule has 0 fully saturated rings. The highest BCUT2D eigenvalue weighted by molar-refractivity contribution is 5.89. The third-order valence-corrected chi connectivity index (χ3v) is 2.15. The molecular formula is C11H13F4O4-. The first-order valence-electron chi connectivity index (χ1n) is 5.13. The zero-order chi connectivity index (χ0) is 15.5. The third kappa shape index (κ3) is 4.53. The van der Waals surface area contributed by atoms with E-state index in [-0.39, 0.29) is 6.08 Å². The van der Waals surface area contributed by atoms with Crippen molar-refractivity contribution in [2.75, 3.05) is 6.61 Å². The van der Waals surface area contributed by atoms with Crippen molar-refractivity contribution < 1.29 is 37.0 Å². The molecule has 0 N–H and O–H groups in total. The molecule has 110 valence electrons. The van der Waals surface area contributed by atoms with Crippen LogP contribution in [0.5, 0.6) is 0 Å². The lowest BCUT2D eigenvalue weighted by atomic mass is 9.84. The van der Waals surface area contributed by atoms with E-state index in [1.807, 2.05) is 0 Å². The van der Waals surface area contributed by atoms with Gasteiger partial charge in [-0.25, -0.2) is 4.79 Å². The molecule has 0 aromatic carbocycles. The van der Waals surface area contributed by atoms with E-state index < -0.39 is 35.8 Å². The summed E-state index contributed by atoms with van der Waals surface area (Å²) in [6.45, 7) is 0.893. The van der Waals surface area contributed by atoms with E-state index in [4.69, 9.17) is 0 Å². The van der Waals surface area contributed by atoms with Crippen molar-refractivity contribution in [3.8, 4) is 0 Å². The van der Waals surface area contributed by atoms with Gasteiger partial charge in [0.25, 0.3) is 0 Å². The molecule has 0 aliphatic carbocycles. The van der Waals surface area contributed by atoms with Crippen molar-refractivity contribution in [1.82, 2.24) is 0 Å². The number of hydrogen-bond acceptors (Lipinski definition) is 4. The molecule has 4 nitrogen and oxygen atoms in total. The molecule has 0 bridgehead atoms. The zero-order valence-corrected chi connectivity index (χ0v) is 10.5. The van der Waals surface area contributed by atoms with Gasteiger partial charge in [-0.1, -0.05) is 20.8 Å². The van der Waals surface area contributed by atoms with Crippen LogP contribution in [0.1, 0.15) is 20.8 Å². The molecule has 0 saturated carbocycles. The largest absolute Gasteiger partial charge is 0.545 e. The minimum atomic E-state index is -4.57. The molecule has 0 atom stereocenters. The Labute approximate surface area is 107 Å². The second-order valence-corrected chi connectivity index (χ2v) is 4.79. The minimum Gasteiger partial charge on any atom is -0.545 e. The van der Waals surface area contributed by atoms with Crippen LogP contribution in [0.15, 0.2) is 12.2 Å². The lowest BCUT2D eigenvalue weighted by Crippen LogP contribution is -2.52. The van der Waals surface area contributed by atoms with Gasteiger partial charge in [-0.3, -0.25) is 0 Å². The van der Waals surface area contributed by atoms with Gasteiger partial charge in [0.1, 0.15) is 0 Å². The fourth-order valence-electron chi connectivity index (χ4n) is 0.985. The van der Waals surface area contributed by atoms with Gasteiger partial charge in [0, 0.05) is 11.5 Å². The fraction of sp³-hybridized carbons (Fsp3) is 0.636. The van der Waals surface area contributed by atoms with Crippen LogP contribution in [0, 0.1) is 5.41 Å². The van der Waals surface area contributed by atoms with Crippen molar-refractivity contribution in [1.29, 1.82) is 0 Å². The molecule has 0 unspecified atom stereocenters. The maximum absolute atomic E-state index is 13.4. The maximum atomic E-state index is 13.4. The monoisotopic (exact) mass is 285 g/mol. The standard InChI is InChI=1S/C11H14F4O4/c1-9(2,3)11(14,15)10(12,13)6-19-8(18)5-4-7(16)17/h4-5H,6H2,1-3H3,(H,16,17)/p-1. The first kappa shape index (κ1) is 17.4. The average Bonchev–Trinajstić information content (AvgIpc) is 2.21. The Kier molecular flexibility index (Phi) is 5.11. The van der Waals surface area contributed by atoms with Crippen LogP contribution >= 0.6 is 0 Å². The van der Waals surface area contributed by atoms with Crippen molar-refractivity contribution >= 4 is 11.9 Å². The highest BCUT2D eigenvalue weighted by atomic mass is 19.3. The summed E-state index contributed by atoms with van der Waals surface area (Å²) in [4.78, 5) is 20.7. The van der Waals surface area contributed by atoms with Crippen molar-refractivity contribution in [3.05, 3.63) is 12.2 Å². The normalized spacial score (nSPS) is 13.6. The highest BCUT2D eigenvalue weighted by Crippen LogP contribution is 2.46. The minimum absolute atomic E-state index is 0.238. The first-order chi connectivity index (χ1) is 8.31. The van der Waals surface area contributed by atoms with Crippen LogP contribution < -0.4 is 5.11 Å². The summed E-state index contributed by atoms with van der Waals surface area (Å²) in [7, 11) is 0. The summed E-state index contributed by atoms with van der Waals surface area (Å²) in [6.07, 6.45) is 0.531. The first-order valence-corrected chi connectivity index (χ1v) is 5.13. The summed E-state index contributed by atoms with van der Waals surface area (Å²) in [5, 5.41) is 9.92. The van der Waals surface area contributed by atoms with Crippen LogP contribution in [-0.4, -0.2) is 30.4 Å². The molecule has 0 aliphatic rings. The Balaban J connectivity index is 4.72. The average molecular weight is 285 g/mol. The van der Waals surface area contributed by atoms with E-state index in [2.05, 4.69) is 4.74 Å². The lowest BCUT2D eigenvalue weighted by molar-refractivity contribution is -0.297. The number of ether oxygens (including phenoxy) is 1. The van der Waals surface area contributed by atoms with E-state index in [9.17, 15) is 32.3 Å². The van der Waals surface area contributed by atoms with Gasteiger partial charge in [0.05, 0.1) is 5.97 Å². The number of carboxylic acids is 1. The predicted molar refractivity (Wildman–Crippen MR) is 54.5 cm³/mol. The quantitative estimate of drug-likeness (QED) is 0.432. The smallest absolute Gasteiger partial charge is 0.343 e. The van der Waals surface area contributed by atoms with Gasteiger partial charge >= 0.3 is 17.8 Å². The molecule has 19 heavy (non-hydrogen) atoms. The summed E-state index contributed by atoms with van der Waals surface area (Å²) < 4.78 is 57.3. The lowest BCUT2D eigenvalue weighted by Gasteiger charge is -2.35. The van der Waals surface area contributed by atoms with Gasteiger partial charge in [-0.05, 0) is 6.08 Å². The van der Waals surface area contributed by atoms with E-state index in [0.717, 1.165) is 20.8 Å². The SMILES string of the molecule is CC(C)(C)C(F)(F)C(F)(F)COC(=O)C=CC(=O)[O-]. The zero-order valence-electron chi connectivity index (χ0n) is 10.5. The molecular weight excluding hydrogens is 272 g/mol. The van der Waals surface area contributed by atoms with Crippen LogP contribution in [0.4, 0.5) is 17.6 Å². The molecule has 0 amide bonds. The number of alkyl halides is 4. The Morgan fingerprint density at radius 1 is 1.11 bits per heavy atom. The summed E-state index contributed by atoms with van der Waals surface area (Å²) in [5.74, 6) is -12.2. The predicted octanol–water partition coefficient (Wildman–Crippen LogP) is 1.15. The van der Waals surface area contributed by atoms with Crippen LogP contribution in [0.25, 0.3) is 0 Å². The number of halogens is 4. The fourth-order valence-corrected chi connectivity index (χ4v) is 0.985. The van der Waals surface area contributed by atoms with Gasteiger partial charge in [0.15, 0.2) is 6.61 Å².